The number of hydrogen-bond donors (Lipinski definition) is 1. The molecule has 3 aromatic rings. The Morgan fingerprint density at radius 2 is 1.83 bits per heavy atom. The Balaban J connectivity index is 2.13. The van der Waals surface area contributed by atoms with E-state index in [-0.39, 0.29) is 0 Å². The van der Waals surface area contributed by atoms with Crippen molar-refractivity contribution >= 4 is 5.82 Å². The molecule has 0 aliphatic carbocycles. The molecule has 3 rings (SSSR count). The normalized spacial score (nSPS) is 10.4. The van der Waals surface area contributed by atoms with Crippen LogP contribution in [-0.2, 0) is 0 Å². The van der Waals surface area contributed by atoms with Gasteiger partial charge in [0.2, 0.25) is 0 Å². The van der Waals surface area contributed by atoms with Gasteiger partial charge < -0.3 is 5.73 Å². The highest BCUT2D eigenvalue weighted by molar-refractivity contribution is 5.56. The van der Waals surface area contributed by atoms with E-state index < -0.39 is 0 Å². The summed E-state index contributed by atoms with van der Waals surface area (Å²) in [5, 5.41) is 7.96. The summed E-state index contributed by atoms with van der Waals surface area (Å²) >= 11 is 0. The van der Waals surface area contributed by atoms with Gasteiger partial charge in [0.25, 0.3) is 0 Å². The second-order valence-electron chi connectivity index (χ2n) is 3.70. The third-order valence-electron chi connectivity index (χ3n) is 2.47. The molecule has 88 valence electrons. The lowest BCUT2D eigenvalue weighted by Gasteiger charge is -2.05. The largest absolute Gasteiger partial charge is 0.382 e. The van der Waals surface area contributed by atoms with E-state index >= 15 is 0 Å². The van der Waals surface area contributed by atoms with Crippen molar-refractivity contribution in [2.75, 3.05) is 5.73 Å². The molecule has 0 saturated heterocycles. The fourth-order valence-electron chi connectivity index (χ4n) is 1.67. The first-order valence-corrected chi connectivity index (χ1v) is 5.38. The van der Waals surface area contributed by atoms with E-state index in [9.17, 15) is 0 Å². The standard InChI is InChI=1S/C12H10N6/c13-12-8-14-6-10(16-12)11-7-15-17-18(11)9-4-2-1-3-5-9/h1-8H,(H2,13,16). The molecule has 0 bridgehead atoms. The summed E-state index contributed by atoms with van der Waals surface area (Å²) in [5.74, 6) is 0.369. The van der Waals surface area contributed by atoms with Crippen LogP contribution in [0.25, 0.3) is 17.1 Å². The van der Waals surface area contributed by atoms with Crippen LogP contribution in [0.2, 0.25) is 0 Å². The molecule has 6 nitrogen and oxygen atoms in total. The van der Waals surface area contributed by atoms with Gasteiger partial charge in [0.1, 0.15) is 17.2 Å². The van der Waals surface area contributed by atoms with Crippen molar-refractivity contribution < 1.29 is 0 Å². The molecule has 0 fully saturated rings. The van der Waals surface area contributed by atoms with Crippen LogP contribution >= 0.6 is 0 Å². The Labute approximate surface area is 103 Å². The number of anilines is 1. The fourth-order valence-corrected chi connectivity index (χ4v) is 1.67. The molecule has 0 aliphatic rings. The summed E-state index contributed by atoms with van der Waals surface area (Å²) in [5.41, 5.74) is 7.93. The smallest absolute Gasteiger partial charge is 0.142 e. The number of hydrogen-bond acceptors (Lipinski definition) is 5. The van der Waals surface area contributed by atoms with E-state index in [1.54, 1.807) is 17.1 Å². The maximum Gasteiger partial charge on any atom is 0.142 e. The van der Waals surface area contributed by atoms with Crippen LogP contribution in [0.4, 0.5) is 5.82 Å². The lowest BCUT2D eigenvalue weighted by atomic mass is 10.3. The second kappa shape index (κ2) is 4.25. The molecule has 0 spiro atoms. The van der Waals surface area contributed by atoms with Gasteiger partial charge in [-0.25, -0.2) is 9.67 Å². The summed E-state index contributed by atoms with van der Waals surface area (Å²) in [4.78, 5) is 8.23. The summed E-state index contributed by atoms with van der Waals surface area (Å²) in [7, 11) is 0. The zero-order valence-corrected chi connectivity index (χ0v) is 9.43. The van der Waals surface area contributed by atoms with E-state index in [2.05, 4.69) is 20.3 Å². The molecule has 0 atom stereocenters. The molecule has 6 heteroatoms. The van der Waals surface area contributed by atoms with Gasteiger partial charge in [-0.05, 0) is 12.1 Å². The first kappa shape index (κ1) is 10.4. The topological polar surface area (TPSA) is 82.5 Å². The second-order valence-corrected chi connectivity index (χ2v) is 3.70. The third-order valence-corrected chi connectivity index (χ3v) is 2.47. The monoisotopic (exact) mass is 238 g/mol. The Kier molecular flexibility index (Phi) is 2.45. The number of nitrogens with zero attached hydrogens (tertiary/aromatic N) is 5. The highest BCUT2D eigenvalue weighted by atomic mass is 15.4. The number of benzene rings is 1. The van der Waals surface area contributed by atoms with Crippen molar-refractivity contribution in [1.29, 1.82) is 0 Å². The molecule has 0 aliphatic heterocycles. The van der Waals surface area contributed by atoms with Gasteiger partial charge in [0.05, 0.1) is 24.3 Å². The predicted molar refractivity (Wildman–Crippen MR) is 66.8 cm³/mol. The minimum absolute atomic E-state index is 0.369. The maximum atomic E-state index is 5.63. The molecule has 0 amide bonds. The third kappa shape index (κ3) is 1.80. The van der Waals surface area contributed by atoms with Crippen LogP contribution in [0.5, 0.6) is 0 Å². The van der Waals surface area contributed by atoms with E-state index in [1.807, 2.05) is 30.3 Å². The van der Waals surface area contributed by atoms with Crippen molar-refractivity contribution in [3.05, 3.63) is 48.9 Å². The average Bonchev–Trinajstić information content (AvgIpc) is 2.89. The van der Waals surface area contributed by atoms with Crippen LogP contribution in [0.1, 0.15) is 0 Å². The van der Waals surface area contributed by atoms with Gasteiger partial charge in [0.15, 0.2) is 0 Å². The lowest BCUT2D eigenvalue weighted by Crippen LogP contribution is -2.01. The lowest BCUT2D eigenvalue weighted by molar-refractivity contribution is 0.806. The van der Waals surface area contributed by atoms with Gasteiger partial charge in [-0.15, -0.1) is 5.10 Å². The molecular weight excluding hydrogens is 228 g/mol. The Bertz CT molecular complexity index is 661. The van der Waals surface area contributed by atoms with Crippen molar-refractivity contribution in [2.45, 2.75) is 0 Å². The number of rotatable bonds is 2. The fraction of sp³-hybridized carbons (Fsp3) is 0. The van der Waals surface area contributed by atoms with Gasteiger partial charge in [-0.2, -0.15) is 0 Å². The first-order valence-electron chi connectivity index (χ1n) is 5.38. The first-order chi connectivity index (χ1) is 8.84. The zero-order chi connectivity index (χ0) is 12.4. The molecule has 0 saturated carbocycles. The highest BCUT2D eigenvalue weighted by Gasteiger charge is 2.10. The average molecular weight is 238 g/mol. The maximum absolute atomic E-state index is 5.63. The van der Waals surface area contributed by atoms with Gasteiger partial charge >= 0.3 is 0 Å². The number of para-hydroxylation sites is 1. The van der Waals surface area contributed by atoms with Crippen LogP contribution in [0, 0.1) is 0 Å². The zero-order valence-electron chi connectivity index (χ0n) is 9.43. The summed E-state index contributed by atoms with van der Waals surface area (Å²) in [6, 6.07) is 9.70. The van der Waals surface area contributed by atoms with Gasteiger partial charge in [-0.1, -0.05) is 23.4 Å². The molecule has 0 unspecified atom stereocenters. The van der Waals surface area contributed by atoms with Gasteiger partial charge in [0, 0.05) is 0 Å². The molecule has 2 N–H and O–H groups in total. The van der Waals surface area contributed by atoms with Gasteiger partial charge in [-0.3, -0.25) is 4.98 Å². The van der Waals surface area contributed by atoms with Crippen molar-refractivity contribution in [1.82, 2.24) is 25.0 Å². The Hall–Kier alpha value is -2.76. The molecule has 0 radical (unpaired) electrons. The van der Waals surface area contributed by atoms with E-state index in [0.717, 1.165) is 11.4 Å². The molecule has 2 aromatic heterocycles. The highest BCUT2D eigenvalue weighted by Crippen LogP contribution is 2.19. The summed E-state index contributed by atoms with van der Waals surface area (Å²) in [6.45, 7) is 0. The van der Waals surface area contributed by atoms with Crippen LogP contribution in [0.3, 0.4) is 0 Å². The quantitative estimate of drug-likeness (QED) is 0.727. The summed E-state index contributed by atoms with van der Waals surface area (Å²) < 4.78 is 1.70. The SMILES string of the molecule is Nc1cncc(-c2cnnn2-c2ccccc2)n1. The number of nitrogens with two attached hydrogens (primary N) is 1. The van der Waals surface area contributed by atoms with Crippen molar-refractivity contribution in [3.8, 4) is 17.1 Å². The van der Waals surface area contributed by atoms with Crippen LogP contribution < -0.4 is 5.73 Å². The number of nitrogen functional groups attached to an aromatic ring is 1. The van der Waals surface area contributed by atoms with Crippen LogP contribution in [-0.4, -0.2) is 25.0 Å². The minimum Gasteiger partial charge on any atom is -0.382 e. The predicted octanol–water partition coefficient (Wildman–Crippen LogP) is 1.31. The van der Waals surface area contributed by atoms with E-state index in [4.69, 9.17) is 5.73 Å². The minimum atomic E-state index is 0.369. The molecule has 2 heterocycles. The van der Waals surface area contributed by atoms with Crippen molar-refractivity contribution in [3.63, 3.8) is 0 Å². The Morgan fingerprint density at radius 3 is 2.61 bits per heavy atom. The Morgan fingerprint density at radius 1 is 1.00 bits per heavy atom. The van der Waals surface area contributed by atoms with Crippen molar-refractivity contribution in [2.24, 2.45) is 0 Å². The molecule has 18 heavy (non-hydrogen) atoms. The van der Waals surface area contributed by atoms with E-state index in [0.29, 0.717) is 11.5 Å². The van der Waals surface area contributed by atoms with Crippen LogP contribution in [0.15, 0.2) is 48.9 Å². The molecular formula is C12H10N6. The molecule has 1 aromatic carbocycles. The van der Waals surface area contributed by atoms with E-state index in [1.165, 1.54) is 6.20 Å². The number of aromatic nitrogens is 5. The summed E-state index contributed by atoms with van der Waals surface area (Å²) in [6.07, 6.45) is 4.77.